The molecule has 6 nitrogen and oxygen atoms in total. The Bertz CT molecular complexity index is 550. The Balaban J connectivity index is 1.38. The van der Waals surface area contributed by atoms with Crippen LogP contribution in [0, 0.1) is 0 Å². The molecule has 130 valence electrons. The first kappa shape index (κ1) is 16.9. The SMILES string of the molecule is O=C(CCC1CCCO1)NC1CCN(C(=O)c2ccncc2)CC1. The molecule has 1 atom stereocenters. The van der Waals surface area contributed by atoms with Gasteiger partial charge in [0.15, 0.2) is 0 Å². The quantitative estimate of drug-likeness (QED) is 0.892. The summed E-state index contributed by atoms with van der Waals surface area (Å²) in [5.41, 5.74) is 0.670. The standard InChI is InChI=1S/C18H25N3O3/c22-17(4-3-16-2-1-13-24-16)20-15-7-11-21(12-8-15)18(23)14-5-9-19-10-6-14/h5-6,9-10,15-16H,1-4,7-8,11-13H2,(H,20,22). The van der Waals surface area contributed by atoms with E-state index in [1.165, 1.54) is 0 Å². The first-order valence-electron chi connectivity index (χ1n) is 8.82. The van der Waals surface area contributed by atoms with Gasteiger partial charge in [-0.3, -0.25) is 14.6 Å². The van der Waals surface area contributed by atoms with Crippen LogP contribution in [-0.4, -0.2) is 53.5 Å². The van der Waals surface area contributed by atoms with Gasteiger partial charge in [0.1, 0.15) is 0 Å². The van der Waals surface area contributed by atoms with E-state index in [2.05, 4.69) is 10.3 Å². The number of rotatable bonds is 5. The molecule has 3 heterocycles. The molecule has 2 aliphatic heterocycles. The predicted octanol–water partition coefficient (Wildman–Crippen LogP) is 1.76. The third-order valence-electron chi connectivity index (χ3n) is 4.79. The molecule has 1 aromatic rings. The van der Waals surface area contributed by atoms with Crippen molar-refractivity contribution in [1.82, 2.24) is 15.2 Å². The third kappa shape index (κ3) is 4.54. The van der Waals surface area contributed by atoms with E-state index in [-0.39, 0.29) is 24.0 Å². The summed E-state index contributed by atoms with van der Waals surface area (Å²) in [6.45, 7) is 2.19. The van der Waals surface area contributed by atoms with E-state index in [1.807, 2.05) is 4.90 Å². The van der Waals surface area contributed by atoms with E-state index < -0.39 is 0 Å². The number of nitrogens with one attached hydrogen (secondary N) is 1. The topological polar surface area (TPSA) is 71.5 Å². The summed E-state index contributed by atoms with van der Waals surface area (Å²) in [6, 6.07) is 3.64. The van der Waals surface area contributed by atoms with E-state index in [0.29, 0.717) is 25.1 Å². The highest BCUT2D eigenvalue weighted by molar-refractivity contribution is 5.94. The van der Waals surface area contributed by atoms with E-state index >= 15 is 0 Å². The lowest BCUT2D eigenvalue weighted by molar-refractivity contribution is -0.122. The molecule has 6 heteroatoms. The van der Waals surface area contributed by atoms with Gasteiger partial charge in [-0.05, 0) is 44.2 Å². The predicted molar refractivity (Wildman–Crippen MR) is 89.5 cm³/mol. The number of likely N-dealkylation sites (tertiary alicyclic amines) is 1. The summed E-state index contributed by atoms with van der Waals surface area (Å²) in [7, 11) is 0. The van der Waals surface area contributed by atoms with Crippen molar-refractivity contribution in [3.63, 3.8) is 0 Å². The number of ether oxygens (including phenoxy) is 1. The number of amides is 2. The number of carbonyl (C=O) groups is 2. The second-order valence-electron chi connectivity index (χ2n) is 6.54. The highest BCUT2D eigenvalue weighted by Crippen LogP contribution is 2.17. The van der Waals surface area contributed by atoms with Crippen molar-refractivity contribution in [2.24, 2.45) is 0 Å². The lowest BCUT2D eigenvalue weighted by atomic mass is 10.0. The van der Waals surface area contributed by atoms with E-state index in [1.54, 1.807) is 24.5 Å². The fraction of sp³-hybridized carbons (Fsp3) is 0.611. The molecular formula is C18H25N3O3. The van der Waals surface area contributed by atoms with Crippen molar-refractivity contribution in [1.29, 1.82) is 0 Å². The molecule has 2 amide bonds. The van der Waals surface area contributed by atoms with Gasteiger partial charge >= 0.3 is 0 Å². The van der Waals surface area contributed by atoms with Gasteiger partial charge in [-0.2, -0.15) is 0 Å². The lowest BCUT2D eigenvalue weighted by Crippen LogP contribution is -2.46. The van der Waals surface area contributed by atoms with Gasteiger partial charge < -0.3 is 15.0 Å². The fourth-order valence-electron chi connectivity index (χ4n) is 3.37. The minimum Gasteiger partial charge on any atom is -0.378 e. The zero-order valence-corrected chi connectivity index (χ0v) is 13.9. The minimum absolute atomic E-state index is 0.0422. The maximum absolute atomic E-state index is 12.4. The van der Waals surface area contributed by atoms with Gasteiger partial charge in [-0.15, -0.1) is 0 Å². The van der Waals surface area contributed by atoms with Crippen molar-refractivity contribution in [3.8, 4) is 0 Å². The molecular weight excluding hydrogens is 306 g/mol. The molecule has 3 rings (SSSR count). The van der Waals surface area contributed by atoms with Crippen molar-refractivity contribution < 1.29 is 14.3 Å². The molecule has 1 unspecified atom stereocenters. The van der Waals surface area contributed by atoms with Crippen molar-refractivity contribution in [2.75, 3.05) is 19.7 Å². The molecule has 2 aliphatic rings. The Morgan fingerprint density at radius 2 is 1.96 bits per heavy atom. The minimum atomic E-state index is 0.0422. The molecule has 0 spiro atoms. The van der Waals surface area contributed by atoms with Gasteiger partial charge in [0.2, 0.25) is 5.91 Å². The fourth-order valence-corrected chi connectivity index (χ4v) is 3.37. The van der Waals surface area contributed by atoms with Crippen LogP contribution in [0.3, 0.4) is 0 Å². The van der Waals surface area contributed by atoms with Crippen LogP contribution in [0.25, 0.3) is 0 Å². The van der Waals surface area contributed by atoms with Gasteiger partial charge in [0.05, 0.1) is 6.10 Å². The van der Waals surface area contributed by atoms with Gasteiger partial charge in [0, 0.05) is 50.1 Å². The smallest absolute Gasteiger partial charge is 0.253 e. The van der Waals surface area contributed by atoms with Gasteiger partial charge in [-0.25, -0.2) is 0 Å². The van der Waals surface area contributed by atoms with Crippen LogP contribution < -0.4 is 5.32 Å². The van der Waals surface area contributed by atoms with Crippen LogP contribution >= 0.6 is 0 Å². The summed E-state index contributed by atoms with van der Waals surface area (Å²) in [4.78, 5) is 30.2. The highest BCUT2D eigenvalue weighted by Gasteiger charge is 2.25. The molecule has 0 saturated carbocycles. The maximum atomic E-state index is 12.4. The lowest BCUT2D eigenvalue weighted by Gasteiger charge is -2.32. The number of hydrogen-bond donors (Lipinski definition) is 1. The van der Waals surface area contributed by atoms with Crippen LogP contribution in [0.15, 0.2) is 24.5 Å². The highest BCUT2D eigenvalue weighted by atomic mass is 16.5. The number of aromatic nitrogens is 1. The van der Waals surface area contributed by atoms with Gasteiger partial charge in [-0.1, -0.05) is 0 Å². The molecule has 2 saturated heterocycles. The first-order valence-corrected chi connectivity index (χ1v) is 8.82. The summed E-state index contributed by atoms with van der Waals surface area (Å²) < 4.78 is 5.55. The Labute approximate surface area is 142 Å². The molecule has 2 fully saturated rings. The van der Waals surface area contributed by atoms with E-state index in [9.17, 15) is 9.59 Å². The molecule has 0 bridgehead atoms. The number of carbonyl (C=O) groups excluding carboxylic acids is 2. The number of pyridine rings is 1. The van der Waals surface area contributed by atoms with E-state index in [4.69, 9.17) is 4.74 Å². The van der Waals surface area contributed by atoms with Gasteiger partial charge in [0.25, 0.3) is 5.91 Å². The molecule has 1 N–H and O–H groups in total. The molecule has 0 radical (unpaired) electrons. The van der Waals surface area contributed by atoms with Crippen LogP contribution in [0.5, 0.6) is 0 Å². The third-order valence-corrected chi connectivity index (χ3v) is 4.79. The monoisotopic (exact) mass is 331 g/mol. The zero-order valence-electron chi connectivity index (χ0n) is 13.9. The number of piperidine rings is 1. The molecule has 24 heavy (non-hydrogen) atoms. The summed E-state index contributed by atoms with van der Waals surface area (Å²) in [5, 5.41) is 3.10. The van der Waals surface area contributed by atoms with Crippen molar-refractivity contribution in [2.45, 2.75) is 50.7 Å². The van der Waals surface area contributed by atoms with Crippen LogP contribution in [0.4, 0.5) is 0 Å². The molecule has 0 aromatic carbocycles. The zero-order chi connectivity index (χ0) is 16.8. The average Bonchev–Trinajstić information content (AvgIpc) is 3.14. The number of hydrogen-bond acceptors (Lipinski definition) is 4. The maximum Gasteiger partial charge on any atom is 0.253 e. The second-order valence-corrected chi connectivity index (χ2v) is 6.54. The molecule has 1 aromatic heterocycles. The van der Waals surface area contributed by atoms with Crippen LogP contribution in [0.2, 0.25) is 0 Å². The first-order chi connectivity index (χ1) is 11.7. The summed E-state index contributed by atoms with van der Waals surface area (Å²) in [6.07, 6.45) is 8.66. The molecule has 0 aliphatic carbocycles. The summed E-state index contributed by atoms with van der Waals surface area (Å²) in [5.74, 6) is 0.143. The van der Waals surface area contributed by atoms with Crippen molar-refractivity contribution in [3.05, 3.63) is 30.1 Å². The Morgan fingerprint density at radius 1 is 1.21 bits per heavy atom. The Hall–Kier alpha value is -1.95. The Kier molecular flexibility index (Phi) is 5.80. The largest absolute Gasteiger partial charge is 0.378 e. The average molecular weight is 331 g/mol. The second kappa shape index (κ2) is 8.24. The van der Waals surface area contributed by atoms with E-state index in [0.717, 1.165) is 38.7 Å². The van der Waals surface area contributed by atoms with Crippen LogP contribution in [0.1, 0.15) is 48.9 Å². The normalized spacial score (nSPS) is 21.7. The summed E-state index contributed by atoms with van der Waals surface area (Å²) >= 11 is 0. The van der Waals surface area contributed by atoms with Crippen LogP contribution in [-0.2, 0) is 9.53 Å². The number of nitrogens with zero attached hydrogens (tertiary/aromatic N) is 2. The Morgan fingerprint density at radius 3 is 2.62 bits per heavy atom. The van der Waals surface area contributed by atoms with Crippen molar-refractivity contribution >= 4 is 11.8 Å².